The van der Waals surface area contributed by atoms with Gasteiger partial charge in [-0.3, -0.25) is 4.52 Å². The quantitative estimate of drug-likeness (QED) is 0.219. The highest BCUT2D eigenvalue weighted by Crippen LogP contribution is 2.52. The van der Waals surface area contributed by atoms with Crippen LogP contribution >= 0.6 is 7.82 Å². The van der Waals surface area contributed by atoms with Crippen molar-refractivity contribution in [1.29, 1.82) is 0 Å². The van der Waals surface area contributed by atoms with E-state index in [9.17, 15) is 13.0 Å². The van der Waals surface area contributed by atoms with E-state index >= 15 is 8.78 Å². The number of dihydropyridines is 1. The fraction of sp³-hybridized carbons (Fsp3) is 0.448. The molecule has 0 bridgehead atoms. The summed E-state index contributed by atoms with van der Waals surface area (Å²) in [5, 5.41) is 6.27. The van der Waals surface area contributed by atoms with Gasteiger partial charge in [0.15, 0.2) is 9.84 Å². The van der Waals surface area contributed by atoms with Crippen LogP contribution in [0.5, 0.6) is 5.75 Å². The third kappa shape index (κ3) is 6.97. The Morgan fingerprint density at radius 2 is 1.93 bits per heavy atom. The first kappa shape index (κ1) is 31.6. The number of benzene rings is 2. The van der Waals surface area contributed by atoms with Crippen LogP contribution in [-0.2, 0) is 18.9 Å². The van der Waals surface area contributed by atoms with Crippen molar-refractivity contribution < 1.29 is 40.8 Å². The molecule has 5 rings (SSSR count). The second kappa shape index (κ2) is 11.6. The topological polar surface area (TPSA) is 137 Å². The highest BCUT2D eigenvalue weighted by molar-refractivity contribution is 7.92. The molecular formula is C29H36F2N3O7PS. The van der Waals surface area contributed by atoms with Gasteiger partial charge in [-0.1, -0.05) is 19.1 Å². The number of halogens is 2. The van der Waals surface area contributed by atoms with E-state index in [1.807, 2.05) is 26.1 Å². The maximum Gasteiger partial charge on any atom is 0.469 e. The Morgan fingerprint density at radius 1 is 1.19 bits per heavy atom. The van der Waals surface area contributed by atoms with Gasteiger partial charge < -0.3 is 30.1 Å². The summed E-state index contributed by atoms with van der Waals surface area (Å²) in [7, 11) is -8.09. The minimum Gasteiger partial charge on any atom is -0.430 e. The molecule has 2 aliphatic heterocycles. The number of ether oxygens (including phenoxy) is 1. The van der Waals surface area contributed by atoms with Crippen molar-refractivity contribution >= 4 is 28.9 Å². The number of alkyl halides is 2. The molecule has 2 aromatic carbocycles. The second-order valence-electron chi connectivity index (χ2n) is 11.2. The normalized spacial score (nSPS) is 20.1. The van der Waals surface area contributed by atoms with E-state index in [4.69, 9.17) is 14.5 Å². The molecular weight excluding hydrogens is 603 g/mol. The summed E-state index contributed by atoms with van der Waals surface area (Å²) in [4.78, 5) is 19.5. The number of nitrogens with zero attached hydrogens (tertiary/aromatic N) is 1. The van der Waals surface area contributed by atoms with E-state index in [1.165, 1.54) is 6.07 Å². The van der Waals surface area contributed by atoms with Gasteiger partial charge in [0, 0.05) is 30.4 Å². The molecule has 2 heterocycles. The third-order valence-corrected chi connectivity index (χ3v) is 10.6. The van der Waals surface area contributed by atoms with Gasteiger partial charge in [-0.2, -0.15) is 8.78 Å². The first-order valence-electron chi connectivity index (χ1n) is 14.1. The number of fused-ring (bicyclic) bond motifs is 3. The lowest BCUT2D eigenvalue weighted by Crippen LogP contribution is -2.45. The van der Waals surface area contributed by atoms with Gasteiger partial charge >= 0.3 is 13.9 Å². The molecule has 10 nitrogen and oxygen atoms in total. The van der Waals surface area contributed by atoms with Crippen molar-refractivity contribution in [3.63, 3.8) is 0 Å². The molecule has 3 aliphatic rings. The zero-order chi connectivity index (χ0) is 31.2. The zero-order valence-corrected chi connectivity index (χ0v) is 25.9. The van der Waals surface area contributed by atoms with E-state index in [2.05, 4.69) is 15.2 Å². The average molecular weight is 640 g/mol. The van der Waals surface area contributed by atoms with Crippen LogP contribution in [0.25, 0.3) is 16.7 Å². The van der Waals surface area contributed by atoms with Gasteiger partial charge in [-0.25, -0.2) is 13.0 Å². The van der Waals surface area contributed by atoms with Crippen LogP contribution in [0.1, 0.15) is 45.6 Å². The van der Waals surface area contributed by atoms with Crippen LogP contribution < -0.4 is 15.4 Å². The SMILES string of the molecule is CCN(CCOP(=O)(O)O)CCC(F)(F)Oc1ccc(-c2cccc(S(=O)(=O)C3CC3)c2)c2c1NC1(C)NC=C(C)C=C21. The zero-order valence-electron chi connectivity index (χ0n) is 24.1. The first-order valence-corrected chi connectivity index (χ1v) is 17.2. The molecule has 234 valence electrons. The summed E-state index contributed by atoms with van der Waals surface area (Å²) in [5.74, 6) is -0.0608. The van der Waals surface area contributed by atoms with Crippen molar-refractivity contribution in [2.75, 3.05) is 31.6 Å². The summed E-state index contributed by atoms with van der Waals surface area (Å²) < 4.78 is 77.2. The maximum absolute atomic E-state index is 15.3. The summed E-state index contributed by atoms with van der Waals surface area (Å²) in [6.45, 7) is 5.57. The van der Waals surface area contributed by atoms with Crippen molar-refractivity contribution in [1.82, 2.24) is 10.2 Å². The lowest BCUT2D eigenvalue weighted by Gasteiger charge is -2.31. The Hall–Kier alpha value is -2.80. The van der Waals surface area contributed by atoms with Gasteiger partial charge in [0.2, 0.25) is 0 Å². The molecule has 0 aromatic heterocycles. The monoisotopic (exact) mass is 639 g/mol. The van der Waals surface area contributed by atoms with Gasteiger partial charge in [0.25, 0.3) is 0 Å². The summed E-state index contributed by atoms with van der Waals surface area (Å²) in [6.07, 6.45) is 0.836. The molecule has 1 saturated carbocycles. The maximum atomic E-state index is 15.3. The predicted octanol–water partition coefficient (Wildman–Crippen LogP) is 5.11. The van der Waals surface area contributed by atoms with E-state index in [1.54, 1.807) is 42.2 Å². The van der Waals surface area contributed by atoms with Gasteiger partial charge in [-0.15, -0.1) is 0 Å². The van der Waals surface area contributed by atoms with Crippen LogP contribution in [-0.4, -0.2) is 66.4 Å². The fourth-order valence-electron chi connectivity index (χ4n) is 5.37. The molecule has 0 spiro atoms. The van der Waals surface area contributed by atoms with Crippen LogP contribution in [0.15, 0.2) is 59.1 Å². The van der Waals surface area contributed by atoms with Crippen molar-refractivity contribution in [2.24, 2.45) is 0 Å². The molecule has 43 heavy (non-hydrogen) atoms. The number of hydrogen-bond acceptors (Lipinski definition) is 8. The Bertz CT molecular complexity index is 1620. The Kier molecular flexibility index (Phi) is 8.54. The third-order valence-electron chi connectivity index (χ3n) is 7.84. The largest absolute Gasteiger partial charge is 0.469 e. The minimum absolute atomic E-state index is 0.0589. The lowest BCUT2D eigenvalue weighted by atomic mass is 9.88. The second-order valence-corrected chi connectivity index (χ2v) is 14.7. The molecule has 14 heteroatoms. The molecule has 1 fully saturated rings. The van der Waals surface area contributed by atoms with Crippen molar-refractivity contribution in [3.05, 3.63) is 59.8 Å². The molecule has 2 aromatic rings. The standard InChI is InChI=1S/C29H36F2N3O7PS/c1-4-34(14-15-40-42(35,36)37)13-12-29(30,31)41-25-11-10-23(20-6-5-7-22(17-20)43(38,39)21-8-9-21)26-24-16-19(2)18-32-28(24,3)33-27(25)26/h5-7,10-11,16-18,21,32-33H,4,8-9,12-15H2,1-3H3,(H2,35,36,37). The predicted molar refractivity (Wildman–Crippen MR) is 159 cm³/mol. The molecule has 4 N–H and O–H groups in total. The molecule has 0 saturated heterocycles. The van der Waals surface area contributed by atoms with E-state index in [-0.39, 0.29) is 35.6 Å². The van der Waals surface area contributed by atoms with Crippen LogP contribution in [0.4, 0.5) is 14.5 Å². The number of phosphoric ester groups is 1. The first-order chi connectivity index (χ1) is 20.1. The van der Waals surface area contributed by atoms with E-state index in [0.717, 1.165) is 11.1 Å². The van der Waals surface area contributed by atoms with E-state index in [0.29, 0.717) is 41.8 Å². The molecule has 1 atom stereocenters. The number of anilines is 1. The Labute approximate surface area is 249 Å². The highest BCUT2D eigenvalue weighted by Gasteiger charge is 2.43. The smallest absolute Gasteiger partial charge is 0.430 e. The molecule has 0 amide bonds. The highest BCUT2D eigenvalue weighted by atomic mass is 32.2. The van der Waals surface area contributed by atoms with Crippen molar-refractivity contribution in [2.45, 2.75) is 62.0 Å². The van der Waals surface area contributed by atoms with Crippen LogP contribution in [0.3, 0.4) is 0 Å². The Balaban J connectivity index is 1.45. The van der Waals surface area contributed by atoms with Crippen LogP contribution in [0.2, 0.25) is 0 Å². The summed E-state index contributed by atoms with van der Waals surface area (Å²) >= 11 is 0. The number of likely N-dealkylation sites (N-methyl/N-ethyl adjacent to an activating group) is 1. The lowest BCUT2D eigenvalue weighted by molar-refractivity contribution is -0.182. The number of hydrogen-bond donors (Lipinski definition) is 4. The van der Waals surface area contributed by atoms with Gasteiger partial charge in [0.1, 0.15) is 11.4 Å². The number of allylic oxidation sites excluding steroid dienone is 2. The average Bonchev–Trinajstić information content (AvgIpc) is 3.75. The van der Waals surface area contributed by atoms with Crippen LogP contribution in [0, 0.1) is 0 Å². The summed E-state index contributed by atoms with van der Waals surface area (Å²) in [6, 6.07) is 9.87. The minimum atomic E-state index is -4.65. The molecule has 1 aliphatic carbocycles. The fourth-order valence-corrected chi connectivity index (χ4v) is 7.39. The van der Waals surface area contributed by atoms with Gasteiger partial charge in [-0.05, 0) is 80.3 Å². The number of sulfone groups is 1. The van der Waals surface area contributed by atoms with Crippen molar-refractivity contribution in [3.8, 4) is 16.9 Å². The van der Waals surface area contributed by atoms with E-state index < -0.39 is 35.9 Å². The molecule has 0 radical (unpaired) electrons. The molecule has 1 unspecified atom stereocenters. The number of phosphoric acid groups is 1. The number of nitrogens with one attached hydrogen (secondary N) is 2. The number of rotatable bonds is 13. The Morgan fingerprint density at radius 3 is 2.60 bits per heavy atom. The summed E-state index contributed by atoms with van der Waals surface area (Å²) in [5.41, 5.74) is 3.24. The van der Waals surface area contributed by atoms with Gasteiger partial charge in [0.05, 0.1) is 28.9 Å².